The number of aromatic carboxylic acids is 3. The van der Waals surface area contributed by atoms with E-state index in [2.05, 4.69) is 0 Å². The lowest BCUT2D eigenvalue weighted by molar-refractivity contribution is -0.256. The summed E-state index contributed by atoms with van der Waals surface area (Å²) >= 11 is 0. The summed E-state index contributed by atoms with van der Waals surface area (Å²) < 4.78 is 0. The fourth-order valence-electron chi connectivity index (χ4n) is 2.69. The number of carbonyl (C=O) groups is 3. The quantitative estimate of drug-likeness (QED) is 0.606. The molecular formula is C21H12NO6-3. The Kier molecular flexibility index (Phi) is 5.08. The molecular weight excluding hydrogens is 362 g/mol. The summed E-state index contributed by atoms with van der Waals surface area (Å²) in [6.45, 7) is 0. The van der Waals surface area contributed by atoms with Crippen molar-refractivity contribution < 1.29 is 29.7 Å². The molecule has 28 heavy (non-hydrogen) atoms. The van der Waals surface area contributed by atoms with Crippen LogP contribution in [-0.4, -0.2) is 17.9 Å². The first-order valence-electron chi connectivity index (χ1n) is 8.11. The number of hydrogen-bond acceptors (Lipinski definition) is 7. The normalized spacial score (nSPS) is 10.3. The van der Waals surface area contributed by atoms with E-state index in [0.717, 1.165) is 0 Å². The third-order valence-electron chi connectivity index (χ3n) is 4.08. The van der Waals surface area contributed by atoms with Crippen molar-refractivity contribution >= 4 is 35.0 Å². The van der Waals surface area contributed by atoms with Crippen molar-refractivity contribution in [3.05, 3.63) is 89.5 Å². The average molecular weight is 374 g/mol. The molecule has 3 rings (SSSR count). The van der Waals surface area contributed by atoms with Gasteiger partial charge in [-0.05, 0) is 53.1 Å². The second kappa shape index (κ2) is 7.63. The summed E-state index contributed by atoms with van der Waals surface area (Å²) in [5.41, 5.74) is 1.74. The maximum absolute atomic E-state index is 11.0. The second-order valence-corrected chi connectivity index (χ2v) is 5.84. The number of anilines is 3. The zero-order chi connectivity index (χ0) is 20.3. The first-order valence-corrected chi connectivity index (χ1v) is 8.11. The van der Waals surface area contributed by atoms with Gasteiger partial charge in [0.25, 0.3) is 0 Å². The van der Waals surface area contributed by atoms with Crippen LogP contribution in [0.4, 0.5) is 17.1 Å². The SMILES string of the molecule is O=C([O-])c1ccc(N(c2ccc(C(=O)[O-])cc2)c2ccc(C(=O)[O-])cc2)cc1. The van der Waals surface area contributed by atoms with E-state index < -0.39 is 17.9 Å². The van der Waals surface area contributed by atoms with E-state index in [4.69, 9.17) is 0 Å². The van der Waals surface area contributed by atoms with Gasteiger partial charge in [-0.1, -0.05) is 36.4 Å². The van der Waals surface area contributed by atoms with Gasteiger partial charge in [0.05, 0.1) is 17.9 Å². The smallest absolute Gasteiger partial charge is 0.0715 e. The second-order valence-electron chi connectivity index (χ2n) is 5.84. The summed E-state index contributed by atoms with van der Waals surface area (Å²) in [5.74, 6) is -3.93. The van der Waals surface area contributed by atoms with Crippen LogP contribution in [-0.2, 0) is 0 Å². The highest BCUT2D eigenvalue weighted by Crippen LogP contribution is 2.34. The third kappa shape index (κ3) is 3.83. The number of hydrogen-bond donors (Lipinski definition) is 0. The maximum Gasteiger partial charge on any atom is 0.0715 e. The molecule has 3 aromatic carbocycles. The molecule has 0 aliphatic rings. The largest absolute Gasteiger partial charge is 0.545 e. The minimum atomic E-state index is -1.31. The molecule has 0 aromatic heterocycles. The van der Waals surface area contributed by atoms with Crippen LogP contribution in [0.15, 0.2) is 72.8 Å². The molecule has 0 heterocycles. The van der Waals surface area contributed by atoms with Crippen LogP contribution >= 0.6 is 0 Å². The molecule has 0 aliphatic heterocycles. The lowest BCUT2D eigenvalue weighted by atomic mass is 10.1. The van der Waals surface area contributed by atoms with E-state index in [9.17, 15) is 29.7 Å². The Bertz CT molecular complexity index is 887. The molecule has 0 aliphatic carbocycles. The van der Waals surface area contributed by atoms with Crippen molar-refractivity contribution in [2.24, 2.45) is 0 Å². The van der Waals surface area contributed by atoms with Crippen molar-refractivity contribution in [1.82, 2.24) is 0 Å². The third-order valence-corrected chi connectivity index (χ3v) is 4.08. The molecule has 0 radical (unpaired) electrons. The summed E-state index contributed by atoms with van der Waals surface area (Å²) in [6.07, 6.45) is 0. The predicted octanol–water partition coefficient (Wildman–Crippen LogP) is 0.247. The molecule has 3 aromatic rings. The van der Waals surface area contributed by atoms with E-state index >= 15 is 0 Å². The molecule has 0 amide bonds. The Morgan fingerprint density at radius 1 is 0.464 bits per heavy atom. The van der Waals surface area contributed by atoms with Gasteiger partial charge >= 0.3 is 0 Å². The Morgan fingerprint density at radius 3 is 0.857 bits per heavy atom. The van der Waals surface area contributed by atoms with Crippen LogP contribution in [0.1, 0.15) is 31.1 Å². The van der Waals surface area contributed by atoms with Crippen LogP contribution in [0.3, 0.4) is 0 Å². The average Bonchev–Trinajstić information content (AvgIpc) is 2.69. The van der Waals surface area contributed by atoms with Gasteiger partial charge in [0, 0.05) is 17.1 Å². The number of nitrogens with zero attached hydrogens (tertiary/aromatic N) is 1. The first kappa shape index (κ1) is 18.7. The zero-order valence-corrected chi connectivity index (χ0v) is 14.3. The standard InChI is InChI=1S/C21H15NO6/c23-19(24)13-1-7-16(8-2-13)22(17-9-3-14(4-10-17)20(25)26)18-11-5-15(6-12-18)21(27)28/h1-12H,(H,23,24)(H,25,26)(H,27,28)/p-3. The van der Waals surface area contributed by atoms with E-state index in [-0.39, 0.29) is 16.7 Å². The fourth-order valence-corrected chi connectivity index (χ4v) is 2.69. The molecule has 0 saturated carbocycles. The lowest BCUT2D eigenvalue weighted by Gasteiger charge is -2.26. The molecule has 0 atom stereocenters. The molecule has 0 unspecified atom stereocenters. The number of rotatable bonds is 6. The van der Waals surface area contributed by atoms with Gasteiger partial charge in [0.2, 0.25) is 0 Å². The molecule has 0 saturated heterocycles. The number of benzene rings is 3. The van der Waals surface area contributed by atoms with E-state index in [1.807, 2.05) is 0 Å². The van der Waals surface area contributed by atoms with Crippen LogP contribution in [0.25, 0.3) is 0 Å². The van der Waals surface area contributed by atoms with Crippen LogP contribution in [0.5, 0.6) is 0 Å². The van der Waals surface area contributed by atoms with E-state index in [1.54, 1.807) is 41.3 Å². The number of carboxylic acid groups (broad SMARTS) is 3. The highest BCUT2D eigenvalue weighted by molar-refractivity contribution is 5.90. The highest BCUT2D eigenvalue weighted by Gasteiger charge is 2.13. The monoisotopic (exact) mass is 374 g/mol. The number of carbonyl (C=O) groups excluding carboxylic acids is 3. The Balaban J connectivity index is 2.08. The number of carboxylic acids is 3. The van der Waals surface area contributed by atoms with E-state index in [1.165, 1.54) is 36.4 Å². The van der Waals surface area contributed by atoms with Crippen LogP contribution in [0.2, 0.25) is 0 Å². The maximum atomic E-state index is 11.0. The summed E-state index contributed by atoms with van der Waals surface area (Å²) in [5, 5.41) is 32.9. The van der Waals surface area contributed by atoms with Crippen molar-refractivity contribution in [2.45, 2.75) is 0 Å². The molecule has 7 nitrogen and oxygen atoms in total. The van der Waals surface area contributed by atoms with Gasteiger partial charge in [-0.25, -0.2) is 0 Å². The van der Waals surface area contributed by atoms with Crippen molar-refractivity contribution in [3.63, 3.8) is 0 Å². The Labute approximate surface area is 159 Å². The first-order chi connectivity index (χ1) is 13.4. The molecule has 140 valence electrons. The molecule has 0 bridgehead atoms. The van der Waals surface area contributed by atoms with Crippen molar-refractivity contribution in [2.75, 3.05) is 4.90 Å². The molecule has 0 N–H and O–H groups in total. The molecule has 0 fully saturated rings. The fraction of sp³-hybridized carbons (Fsp3) is 0. The van der Waals surface area contributed by atoms with Crippen molar-refractivity contribution in [1.29, 1.82) is 0 Å². The minimum Gasteiger partial charge on any atom is -0.545 e. The Hall–Kier alpha value is -4.13. The van der Waals surface area contributed by atoms with Crippen LogP contribution < -0.4 is 20.2 Å². The molecule has 7 heteroatoms. The van der Waals surface area contributed by atoms with Gasteiger partial charge < -0.3 is 34.6 Å². The van der Waals surface area contributed by atoms with Crippen molar-refractivity contribution in [3.8, 4) is 0 Å². The highest BCUT2D eigenvalue weighted by atomic mass is 16.4. The zero-order valence-electron chi connectivity index (χ0n) is 14.3. The lowest BCUT2D eigenvalue weighted by Crippen LogP contribution is -2.23. The predicted molar refractivity (Wildman–Crippen MR) is 94.1 cm³/mol. The van der Waals surface area contributed by atoms with Gasteiger partial charge in [-0.15, -0.1) is 0 Å². The topological polar surface area (TPSA) is 124 Å². The minimum absolute atomic E-state index is 0.00305. The van der Waals surface area contributed by atoms with Gasteiger partial charge in [-0.2, -0.15) is 0 Å². The van der Waals surface area contributed by atoms with E-state index in [0.29, 0.717) is 17.1 Å². The summed E-state index contributed by atoms with van der Waals surface area (Å²) in [7, 11) is 0. The van der Waals surface area contributed by atoms with Gasteiger partial charge in [0.1, 0.15) is 0 Å². The van der Waals surface area contributed by atoms with Gasteiger partial charge in [0.15, 0.2) is 0 Å². The molecule has 0 spiro atoms. The summed E-state index contributed by atoms with van der Waals surface area (Å²) in [6, 6.07) is 17.6. The van der Waals surface area contributed by atoms with Crippen LogP contribution in [0, 0.1) is 0 Å². The summed E-state index contributed by atoms with van der Waals surface area (Å²) in [4.78, 5) is 34.6. The van der Waals surface area contributed by atoms with Gasteiger partial charge in [-0.3, -0.25) is 0 Å². The Morgan fingerprint density at radius 2 is 0.679 bits per heavy atom.